The predicted octanol–water partition coefficient (Wildman–Crippen LogP) is 5.56. The van der Waals surface area contributed by atoms with Crippen LogP contribution in [0, 0.1) is 11.3 Å². The van der Waals surface area contributed by atoms with Gasteiger partial charge in [0, 0.05) is 0 Å². The molecule has 1 aromatic carbocycles. The Morgan fingerprint density at radius 3 is 2.61 bits per heavy atom. The first-order valence-electron chi connectivity index (χ1n) is 9.71. The van der Waals surface area contributed by atoms with E-state index in [2.05, 4.69) is 45.9 Å². The number of rotatable bonds is 2. The third kappa shape index (κ3) is 3.09. The Bertz CT molecular complexity index is 561. The maximum absolute atomic E-state index is 6.08. The van der Waals surface area contributed by atoms with Crippen LogP contribution in [-0.4, -0.2) is 6.54 Å². The Morgan fingerprint density at radius 1 is 1.13 bits per heavy atom. The van der Waals surface area contributed by atoms with Crippen LogP contribution in [0.4, 0.5) is 0 Å². The number of hydrogen-bond donors (Lipinski definition) is 1. The van der Waals surface area contributed by atoms with Gasteiger partial charge < -0.3 is 5.73 Å². The van der Waals surface area contributed by atoms with Crippen LogP contribution < -0.4 is 5.73 Å². The van der Waals surface area contributed by atoms with E-state index in [1.807, 2.05) is 0 Å². The minimum Gasteiger partial charge on any atom is -0.330 e. The Morgan fingerprint density at radius 2 is 1.91 bits per heavy atom. The van der Waals surface area contributed by atoms with Crippen molar-refractivity contribution in [2.45, 2.75) is 84.0 Å². The van der Waals surface area contributed by atoms with Crippen LogP contribution >= 0.6 is 0 Å². The van der Waals surface area contributed by atoms with Crippen LogP contribution in [0.1, 0.15) is 88.8 Å². The fourth-order valence-corrected chi connectivity index (χ4v) is 5.14. The van der Waals surface area contributed by atoms with Gasteiger partial charge in [0.15, 0.2) is 0 Å². The van der Waals surface area contributed by atoms with Gasteiger partial charge in [0.25, 0.3) is 0 Å². The second-order valence-electron chi connectivity index (χ2n) is 9.13. The van der Waals surface area contributed by atoms with Crippen LogP contribution in [0.3, 0.4) is 0 Å². The summed E-state index contributed by atoms with van der Waals surface area (Å²) in [7, 11) is 0. The summed E-state index contributed by atoms with van der Waals surface area (Å²) in [4.78, 5) is 0. The number of hydrogen-bond acceptors (Lipinski definition) is 1. The van der Waals surface area contributed by atoms with Crippen molar-refractivity contribution >= 4 is 0 Å². The standard InChI is InChI=1S/C22H35N/c1-16(2)17-7-9-20-18(14-17)6-8-19-10-13-21(3,15-23)11-5-12-22(19,20)4/h7,9,14,16,19H,5-6,8,10-13,15,23H2,1-4H3/t19?,21?,22-/m0/s1. The first kappa shape index (κ1) is 17.0. The van der Waals surface area contributed by atoms with Crippen molar-refractivity contribution in [1.82, 2.24) is 0 Å². The molecule has 2 aliphatic carbocycles. The van der Waals surface area contributed by atoms with Crippen LogP contribution in [0.25, 0.3) is 0 Å². The van der Waals surface area contributed by atoms with Crippen molar-refractivity contribution in [2.24, 2.45) is 17.1 Å². The lowest BCUT2D eigenvalue weighted by Gasteiger charge is -2.47. The Kier molecular flexibility index (Phi) is 4.62. The van der Waals surface area contributed by atoms with E-state index in [1.165, 1.54) is 50.5 Å². The first-order valence-corrected chi connectivity index (χ1v) is 9.71. The highest BCUT2D eigenvalue weighted by Crippen LogP contribution is 2.50. The summed E-state index contributed by atoms with van der Waals surface area (Å²) in [5.74, 6) is 1.47. The van der Waals surface area contributed by atoms with Crippen molar-refractivity contribution in [3.8, 4) is 0 Å². The SMILES string of the molecule is CC(C)c1ccc2c(c1)CCC1CCC(C)(CN)CCC[C@]21C. The zero-order valence-electron chi connectivity index (χ0n) is 15.6. The van der Waals surface area contributed by atoms with E-state index < -0.39 is 0 Å². The number of nitrogens with two attached hydrogens (primary N) is 1. The lowest BCUT2D eigenvalue weighted by Crippen LogP contribution is -2.40. The Hall–Kier alpha value is -0.820. The number of aryl methyl sites for hydroxylation is 1. The van der Waals surface area contributed by atoms with Crippen molar-refractivity contribution in [3.05, 3.63) is 34.9 Å². The molecule has 0 saturated heterocycles. The molecule has 2 unspecified atom stereocenters. The molecule has 0 radical (unpaired) electrons. The van der Waals surface area contributed by atoms with Gasteiger partial charge in [-0.05, 0) is 84.4 Å². The summed E-state index contributed by atoms with van der Waals surface area (Å²) in [5.41, 5.74) is 11.7. The zero-order valence-corrected chi connectivity index (χ0v) is 15.6. The summed E-state index contributed by atoms with van der Waals surface area (Å²) in [6.07, 6.45) is 9.26. The topological polar surface area (TPSA) is 26.0 Å². The molecule has 0 amide bonds. The summed E-state index contributed by atoms with van der Waals surface area (Å²) in [5, 5.41) is 0. The zero-order chi connectivity index (χ0) is 16.7. The highest BCUT2D eigenvalue weighted by Gasteiger charge is 2.42. The van der Waals surface area contributed by atoms with Gasteiger partial charge in [-0.3, -0.25) is 0 Å². The van der Waals surface area contributed by atoms with E-state index in [0.29, 0.717) is 16.7 Å². The fraction of sp³-hybridized carbons (Fsp3) is 0.727. The van der Waals surface area contributed by atoms with Crippen molar-refractivity contribution in [2.75, 3.05) is 6.54 Å². The Balaban J connectivity index is 1.91. The average Bonchev–Trinajstić information content (AvgIpc) is 2.52. The average molecular weight is 314 g/mol. The predicted molar refractivity (Wildman–Crippen MR) is 99.9 cm³/mol. The molecule has 2 aliphatic rings. The largest absolute Gasteiger partial charge is 0.330 e. The third-order valence-corrected chi connectivity index (χ3v) is 7.14. The summed E-state index contributed by atoms with van der Waals surface area (Å²) in [6, 6.07) is 7.37. The van der Waals surface area contributed by atoms with E-state index in [4.69, 9.17) is 5.73 Å². The van der Waals surface area contributed by atoms with Gasteiger partial charge in [-0.15, -0.1) is 0 Å². The van der Waals surface area contributed by atoms with Crippen LogP contribution in [0.15, 0.2) is 18.2 Å². The molecule has 1 saturated carbocycles. The summed E-state index contributed by atoms with van der Waals surface area (Å²) >= 11 is 0. The molecule has 0 aliphatic heterocycles. The first-order chi connectivity index (χ1) is 10.9. The quantitative estimate of drug-likeness (QED) is 0.760. The monoisotopic (exact) mass is 313 g/mol. The molecule has 0 heterocycles. The molecule has 2 N–H and O–H groups in total. The van der Waals surface area contributed by atoms with Gasteiger partial charge in [-0.1, -0.05) is 52.3 Å². The van der Waals surface area contributed by atoms with E-state index in [1.54, 1.807) is 11.1 Å². The molecule has 3 rings (SSSR count). The molecule has 1 heteroatoms. The minimum absolute atomic E-state index is 0.378. The second-order valence-corrected chi connectivity index (χ2v) is 9.13. The van der Waals surface area contributed by atoms with Gasteiger partial charge in [-0.25, -0.2) is 0 Å². The number of fused-ring (bicyclic) bond motifs is 3. The van der Waals surface area contributed by atoms with Crippen LogP contribution in [0.5, 0.6) is 0 Å². The second kappa shape index (κ2) is 6.24. The normalized spacial score (nSPS) is 34.4. The molecule has 3 atom stereocenters. The highest BCUT2D eigenvalue weighted by atomic mass is 14.6. The van der Waals surface area contributed by atoms with E-state index >= 15 is 0 Å². The number of benzene rings is 1. The minimum atomic E-state index is 0.378. The van der Waals surface area contributed by atoms with E-state index in [0.717, 1.165) is 12.5 Å². The fourth-order valence-electron chi connectivity index (χ4n) is 5.14. The summed E-state index contributed by atoms with van der Waals surface area (Å²) < 4.78 is 0. The molecule has 0 aromatic heterocycles. The molecular weight excluding hydrogens is 278 g/mol. The molecule has 0 bridgehead atoms. The molecule has 128 valence electrons. The molecule has 0 spiro atoms. The molecule has 23 heavy (non-hydrogen) atoms. The van der Waals surface area contributed by atoms with Gasteiger partial charge in [-0.2, -0.15) is 0 Å². The van der Waals surface area contributed by atoms with Gasteiger partial charge in [0.2, 0.25) is 0 Å². The maximum Gasteiger partial charge on any atom is -0.00232 e. The molecule has 1 aromatic rings. The van der Waals surface area contributed by atoms with Crippen molar-refractivity contribution in [3.63, 3.8) is 0 Å². The van der Waals surface area contributed by atoms with E-state index in [9.17, 15) is 0 Å². The van der Waals surface area contributed by atoms with Crippen LogP contribution in [-0.2, 0) is 11.8 Å². The maximum atomic E-state index is 6.08. The van der Waals surface area contributed by atoms with Gasteiger partial charge >= 0.3 is 0 Å². The van der Waals surface area contributed by atoms with Crippen LogP contribution in [0.2, 0.25) is 0 Å². The van der Waals surface area contributed by atoms with Crippen molar-refractivity contribution < 1.29 is 0 Å². The highest BCUT2D eigenvalue weighted by molar-refractivity contribution is 5.41. The van der Waals surface area contributed by atoms with Gasteiger partial charge in [0.05, 0.1) is 0 Å². The summed E-state index contributed by atoms with van der Waals surface area (Å²) in [6.45, 7) is 10.4. The van der Waals surface area contributed by atoms with E-state index in [-0.39, 0.29) is 0 Å². The Labute approximate surface area is 143 Å². The van der Waals surface area contributed by atoms with Gasteiger partial charge in [0.1, 0.15) is 0 Å². The molecule has 1 nitrogen and oxygen atoms in total. The third-order valence-electron chi connectivity index (χ3n) is 7.14. The smallest absolute Gasteiger partial charge is 0.00232 e. The molecule has 1 fully saturated rings. The lowest BCUT2D eigenvalue weighted by atomic mass is 9.58. The lowest BCUT2D eigenvalue weighted by molar-refractivity contribution is 0.140. The molecular formula is C22H35N. The van der Waals surface area contributed by atoms with Crippen molar-refractivity contribution in [1.29, 1.82) is 0 Å².